The molecule has 4 rings (SSSR count). The first-order valence-electron chi connectivity index (χ1n) is 11.2. The van der Waals surface area contributed by atoms with E-state index in [0.717, 1.165) is 35.4 Å². The fourth-order valence-electron chi connectivity index (χ4n) is 4.33. The number of hydrogen-bond donors (Lipinski definition) is 1. The van der Waals surface area contributed by atoms with Crippen LogP contribution < -0.4 is 5.32 Å². The molecule has 0 spiro atoms. The van der Waals surface area contributed by atoms with Gasteiger partial charge in [-0.15, -0.1) is 11.3 Å². The van der Waals surface area contributed by atoms with E-state index in [0.29, 0.717) is 37.4 Å². The molecule has 2 aliphatic rings. The Morgan fingerprint density at radius 2 is 1.90 bits per heavy atom. The van der Waals surface area contributed by atoms with Gasteiger partial charge in [0.1, 0.15) is 0 Å². The first-order valence-corrected chi connectivity index (χ1v) is 13.4. The third kappa shape index (κ3) is 5.02. The molecular weight excluding hydrogens is 430 g/mol. The molecule has 1 aromatic carbocycles. The van der Waals surface area contributed by atoms with Gasteiger partial charge in [-0.05, 0) is 75.6 Å². The molecule has 168 valence electrons. The molecular formula is C23H31N3O3S2. The standard InChI is InChI=1S/C23H31N3O3S2/c1-16-7-8-19(15-17(16)2)31(28,29)26-13-10-18(11-14-26)23(27)24-12-9-22-25-20-5-3-4-6-21(20)30-22/h7-8,15,18H,3-6,9-14H2,1-2H3,(H,24,27). The lowest BCUT2D eigenvalue weighted by Crippen LogP contribution is -2.43. The number of amides is 1. The lowest BCUT2D eigenvalue weighted by molar-refractivity contribution is -0.126. The summed E-state index contributed by atoms with van der Waals surface area (Å²) in [6.45, 7) is 5.25. The molecule has 1 aliphatic heterocycles. The van der Waals surface area contributed by atoms with Crippen molar-refractivity contribution in [2.45, 2.75) is 63.7 Å². The Hall–Kier alpha value is -1.77. The number of sulfonamides is 1. The smallest absolute Gasteiger partial charge is 0.243 e. The maximum absolute atomic E-state index is 13.0. The fraction of sp³-hybridized carbons (Fsp3) is 0.565. The highest BCUT2D eigenvalue weighted by molar-refractivity contribution is 7.89. The predicted octanol–water partition coefficient (Wildman–Crippen LogP) is 3.40. The van der Waals surface area contributed by atoms with Crippen LogP contribution in [0, 0.1) is 19.8 Å². The fourth-order valence-corrected chi connectivity index (χ4v) is 7.04. The Morgan fingerprint density at radius 3 is 2.61 bits per heavy atom. The first-order chi connectivity index (χ1) is 14.8. The minimum atomic E-state index is -3.51. The minimum absolute atomic E-state index is 0.0320. The van der Waals surface area contributed by atoms with Gasteiger partial charge in [-0.3, -0.25) is 4.79 Å². The monoisotopic (exact) mass is 461 g/mol. The summed E-state index contributed by atoms with van der Waals surface area (Å²) in [5, 5.41) is 4.15. The van der Waals surface area contributed by atoms with Gasteiger partial charge >= 0.3 is 0 Å². The summed E-state index contributed by atoms with van der Waals surface area (Å²) in [4.78, 5) is 19.1. The van der Waals surface area contributed by atoms with Crippen molar-refractivity contribution < 1.29 is 13.2 Å². The Labute approximate surface area is 189 Å². The van der Waals surface area contributed by atoms with Crippen LogP contribution in [0.15, 0.2) is 23.1 Å². The highest BCUT2D eigenvalue weighted by Crippen LogP contribution is 2.27. The number of nitrogens with one attached hydrogen (secondary N) is 1. The Morgan fingerprint density at radius 1 is 1.16 bits per heavy atom. The zero-order chi connectivity index (χ0) is 22.0. The second kappa shape index (κ2) is 9.38. The van der Waals surface area contributed by atoms with Gasteiger partial charge in [0, 0.05) is 36.9 Å². The average Bonchev–Trinajstić information content (AvgIpc) is 3.18. The van der Waals surface area contributed by atoms with Crippen molar-refractivity contribution in [3.05, 3.63) is 44.9 Å². The zero-order valence-corrected chi connectivity index (χ0v) is 19.9. The quantitative estimate of drug-likeness (QED) is 0.715. The number of rotatable bonds is 6. The van der Waals surface area contributed by atoms with Crippen molar-refractivity contribution in [3.8, 4) is 0 Å². The Kier molecular flexibility index (Phi) is 6.79. The predicted molar refractivity (Wildman–Crippen MR) is 123 cm³/mol. The first kappa shape index (κ1) is 22.4. The molecule has 1 fully saturated rings. The number of carbonyl (C=O) groups excluding carboxylic acids is 1. The van der Waals surface area contributed by atoms with E-state index in [1.54, 1.807) is 23.5 Å². The second-order valence-electron chi connectivity index (χ2n) is 8.65. The summed E-state index contributed by atoms with van der Waals surface area (Å²) < 4.78 is 27.4. The van der Waals surface area contributed by atoms with Crippen molar-refractivity contribution in [1.82, 2.24) is 14.6 Å². The number of carbonyl (C=O) groups is 1. The molecule has 0 atom stereocenters. The molecule has 0 bridgehead atoms. The number of fused-ring (bicyclic) bond motifs is 1. The van der Waals surface area contributed by atoms with Gasteiger partial charge in [0.15, 0.2) is 0 Å². The molecule has 1 saturated heterocycles. The van der Waals surface area contributed by atoms with E-state index in [1.165, 1.54) is 27.7 Å². The van der Waals surface area contributed by atoms with Crippen molar-refractivity contribution in [2.75, 3.05) is 19.6 Å². The van der Waals surface area contributed by atoms with Crippen LogP contribution in [0.2, 0.25) is 0 Å². The number of hydrogen-bond acceptors (Lipinski definition) is 5. The second-order valence-corrected chi connectivity index (χ2v) is 11.8. The minimum Gasteiger partial charge on any atom is -0.355 e. The molecule has 6 nitrogen and oxygen atoms in total. The molecule has 8 heteroatoms. The number of benzene rings is 1. The molecule has 1 aliphatic carbocycles. The number of nitrogens with zero attached hydrogens (tertiary/aromatic N) is 2. The van der Waals surface area contributed by atoms with E-state index in [1.807, 2.05) is 19.9 Å². The van der Waals surface area contributed by atoms with E-state index in [9.17, 15) is 13.2 Å². The van der Waals surface area contributed by atoms with Crippen LogP contribution in [0.5, 0.6) is 0 Å². The largest absolute Gasteiger partial charge is 0.355 e. The van der Waals surface area contributed by atoms with Crippen LogP contribution in [0.25, 0.3) is 0 Å². The third-order valence-corrected chi connectivity index (χ3v) is 9.58. The molecule has 2 heterocycles. The normalized spacial score (nSPS) is 18.0. The number of aryl methyl sites for hydroxylation is 4. The molecule has 0 radical (unpaired) electrons. The molecule has 1 amide bonds. The maximum atomic E-state index is 13.0. The molecule has 2 aromatic rings. The number of thiazole rings is 1. The van der Waals surface area contributed by atoms with Gasteiger partial charge in [-0.1, -0.05) is 6.07 Å². The van der Waals surface area contributed by atoms with E-state index < -0.39 is 10.0 Å². The van der Waals surface area contributed by atoms with Gasteiger partial charge in [0.2, 0.25) is 15.9 Å². The Bertz CT molecular complexity index is 1030. The van der Waals surface area contributed by atoms with Crippen LogP contribution in [0.1, 0.15) is 52.4 Å². The van der Waals surface area contributed by atoms with Crippen LogP contribution in [0.4, 0.5) is 0 Å². The number of aromatic nitrogens is 1. The van der Waals surface area contributed by atoms with Crippen molar-refractivity contribution >= 4 is 27.3 Å². The Balaban J connectivity index is 1.26. The molecule has 0 saturated carbocycles. The lowest BCUT2D eigenvalue weighted by Gasteiger charge is -2.30. The van der Waals surface area contributed by atoms with Crippen LogP contribution in [-0.2, 0) is 34.1 Å². The molecule has 1 aromatic heterocycles. The SMILES string of the molecule is Cc1ccc(S(=O)(=O)N2CCC(C(=O)NCCc3nc4c(s3)CCCC4)CC2)cc1C. The summed E-state index contributed by atoms with van der Waals surface area (Å²) in [7, 11) is -3.51. The molecule has 1 N–H and O–H groups in total. The summed E-state index contributed by atoms with van der Waals surface area (Å²) in [6, 6.07) is 5.26. The summed E-state index contributed by atoms with van der Waals surface area (Å²) >= 11 is 1.79. The lowest BCUT2D eigenvalue weighted by atomic mass is 9.97. The van der Waals surface area contributed by atoms with Crippen molar-refractivity contribution in [3.63, 3.8) is 0 Å². The number of piperidine rings is 1. The van der Waals surface area contributed by atoms with Gasteiger partial charge in [0.05, 0.1) is 15.6 Å². The molecule has 31 heavy (non-hydrogen) atoms. The summed E-state index contributed by atoms with van der Waals surface area (Å²) in [5.74, 6) is -0.0970. The van der Waals surface area contributed by atoms with E-state index in [-0.39, 0.29) is 11.8 Å². The third-order valence-electron chi connectivity index (χ3n) is 6.47. The highest BCUT2D eigenvalue weighted by Gasteiger charge is 2.32. The van der Waals surface area contributed by atoms with Gasteiger partial charge < -0.3 is 5.32 Å². The highest BCUT2D eigenvalue weighted by atomic mass is 32.2. The zero-order valence-electron chi connectivity index (χ0n) is 18.3. The van der Waals surface area contributed by atoms with Gasteiger partial charge in [-0.25, -0.2) is 13.4 Å². The van der Waals surface area contributed by atoms with E-state index in [2.05, 4.69) is 5.32 Å². The van der Waals surface area contributed by atoms with Crippen molar-refractivity contribution in [1.29, 1.82) is 0 Å². The van der Waals surface area contributed by atoms with Crippen LogP contribution in [-0.4, -0.2) is 43.2 Å². The van der Waals surface area contributed by atoms with Crippen molar-refractivity contribution in [2.24, 2.45) is 5.92 Å². The van der Waals surface area contributed by atoms with Crippen LogP contribution in [0.3, 0.4) is 0 Å². The van der Waals surface area contributed by atoms with Gasteiger partial charge in [-0.2, -0.15) is 4.31 Å². The van der Waals surface area contributed by atoms with Crippen LogP contribution >= 0.6 is 11.3 Å². The topological polar surface area (TPSA) is 79.4 Å². The average molecular weight is 462 g/mol. The summed E-state index contributed by atoms with van der Waals surface area (Å²) in [5.41, 5.74) is 3.30. The van der Waals surface area contributed by atoms with Gasteiger partial charge in [0.25, 0.3) is 0 Å². The molecule has 0 unspecified atom stereocenters. The maximum Gasteiger partial charge on any atom is 0.243 e. The van der Waals surface area contributed by atoms with E-state index >= 15 is 0 Å². The summed E-state index contributed by atoms with van der Waals surface area (Å²) in [6.07, 6.45) is 6.59. The van der Waals surface area contributed by atoms with E-state index in [4.69, 9.17) is 4.98 Å².